The molecule has 1 saturated heterocycles. The summed E-state index contributed by atoms with van der Waals surface area (Å²) in [6, 6.07) is 2.44. The fourth-order valence-corrected chi connectivity index (χ4v) is 3.66. The highest BCUT2D eigenvalue weighted by molar-refractivity contribution is 9.10. The summed E-state index contributed by atoms with van der Waals surface area (Å²) in [5.41, 5.74) is -0.566. The van der Waals surface area contributed by atoms with Gasteiger partial charge in [-0.1, -0.05) is 15.9 Å². The number of piperazine rings is 1. The van der Waals surface area contributed by atoms with Crippen molar-refractivity contribution in [1.29, 1.82) is 0 Å². The molecule has 0 amide bonds. The lowest BCUT2D eigenvalue weighted by Gasteiger charge is -2.36. The quantitative estimate of drug-likeness (QED) is 0.844. The van der Waals surface area contributed by atoms with Crippen LogP contribution in [0.2, 0.25) is 0 Å². The van der Waals surface area contributed by atoms with E-state index in [9.17, 15) is 18.3 Å². The molecule has 3 nitrogen and oxygen atoms in total. The van der Waals surface area contributed by atoms with Gasteiger partial charge in [0.25, 0.3) is 0 Å². The number of nitrogens with zero attached hydrogens (tertiary/aromatic N) is 1. The fourth-order valence-electron chi connectivity index (χ4n) is 3.18. The zero-order chi connectivity index (χ0) is 15.9. The van der Waals surface area contributed by atoms with Crippen LogP contribution < -0.4 is 5.32 Å². The number of halogens is 4. The van der Waals surface area contributed by atoms with Gasteiger partial charge < -0.3 is 10.4 Å². The summed E-state index contributed by atoms with van der Waals surface area (Å²) in [5, 5.41) is 13.5. The Balaban J connectivity index is 2.02. The molecule has 1 saturated carbocycles. The standard InChI is InChI=1S/C15H18BrF3N2O/c16-10-7-11(14(22)12(8-10)15(17,18)19)13(9-1-2-9)21-5-3-20-4-6-21/h7-9,13,20,22H,1-6H2/t13-/m1/s1. The maximum atomic E-state index is 13.1. The van der Waals surface area contributed by atoms with Crippen LogP contribution in [-0.2, 0) is 6.18 Å². The van der Waals surface area contributed by atoms with Crippen molar-refractivity contribution in [2.45, 2.75) is 25.1 Å². The number of aromatic hydroxyl groups is 1. The molecule has 1 aliphatic heterocycles. The van der Waals surface area contributed by atoms with Crippen molar-refractivity contribution in [3.8, 4) is 5.75 Å². The smallest absolute Gasteiger partial charge is 0.420 e. The van der Waals surface area contributed by atoms with E-state index in [1.165, 1.54) is 0 Å². The van der Waals surface area contributed by atoms with Crippen molar-refractivity contribution in [3.05, 3.63) is 27.7 Å². The van der Waals surface area contributed by atoms with Crippen LogP contribution in [0.15, 0.2) is 16.6 Å². The monoisotopic (exact) mass is 378 g/mol. The SMILES string of the molecule is Oc1c([C@@H](C2CC2)N2CCNCC2)cc(Br)cc1C(F)(F)F. The van der Waals surface area contributed by atoms with Crippen LogP contribution in [0.25, 0.3) is 0 Å². The highest BCUT2D eigenvalue weighted by atomic mass is 79.9. The molecule has 0 spiro atoms. The maximum Gasteiger partial charge on any atom is 0.420 e. The zero-order valence-corrected chi connectivity index (χ0v) is 13.5. The van der Waals surface area contributed by atoms with Crippen LogP contribution in [0, 0.1) is 5.92 Å². The molecule has 2 fully saturated rings. The van der Waals surface area contributed by atoms with Gasteiger partial charge in [0.05, 0.1) is 5.56 Å². The molecule has 122 valence electrons. The molecule has 0 bridgehead atoms. The van der Waals surface area contributed by atoms with E-state index in [1.807, 2.05) is 0 Å². The Morgan fingerprint density at radius 3 is 2.41 bits per heavy atom. The van der Waals surface area contributed by atoms with Crippen molar-refractivity contribution in [3.63, 3.8) is 0 Å². The Labute approximate surface area is 135 Å². The van der Waals surface area contributed by atoms with E-state index < -0.39 is 17.5 Å². The molecule has 22 heavy (non-hydrogen) atoms. The summed E-state index contributed by atoms with van der Waals surface area (Å²) in [7, 11) is 0. The van der Waals surface area contributed by atoms with Gasteiger partial charge in [-0.3, -0.25) is 4.90 Å². The second kappa shape index (κ2) is 6.02. The number of benzene rings is 1. The molecular formula is C15H18BrF3N2O. The average Bonchev–Trinajstić information content (AvgIpc) is 3.27. The molecule has 0 aromatic heterocycles. The third kappa shape index (κ3) is 3.26. The number of hydrogen-bond donors (Lipinski definition) is 2. The van der Waals surface area contributed by atoms with Crippen molar-refractivity contribution >= 4 is 15.9 Å². The minimum Gasteiger partial charge on any atom is -0.507 e. The summed E-state index contributed by atoms with van der Waals surface area (Å²) >= 11 is 3.16. The highest BCUT2D eigenvalue weighted by Crippen LogP contribution is 2.50. The maximum absolute atomic E-state index is 13.1. The van der Waals surface area contributed by atoms with Crippen molar-refractivity contribution in [2.75, 3.05) is 26.2 Å². The Morgan fingerprint density at radius 1 is 1.23 bits per heavy atom. The lowest BCUT2D eigenvalue weighted by atomic mass is 9.96. The predicted octanol–water partition coefficient (Wildman–Crippen LogP) is 3.53. The van der Waals surface area contributed by atoms with Crippen LogP contribution in [0.5, 0.6) is 5.75 Å². The van der Waals surface area contributed by atoms with Gasteiger partial charge >= 0.3 is 6.18 Å². The van der Waals surface area contributed by atoms with Gasteiger partial charge in [0.15, 0.2) is 0 Å². The van der Waals surface area contributed by atoms with Crippen LogP contribution in [0.4, 0.5) is 13.2 Å². The molecule has 0 unspecified atom stereocenters. The predicted molar refractivity (Wildman–Crippen MR) is 80.7 cm³/mol. The van der Waals surface area contributed by atoms with Crippen LogP contribution in [-0.4, -0.2) is 36.2 Å². The molecule has 7 heteroatoms. The topological polar surface area (TPSA) is 35.5 Å². The summed E-state index contributed by atoms with van der Waals surface area (Å²) in [5.74, 6) is -0.287. The minimum atomic E-state index is -4.56. The van der Waals surface area contributed by atoms with Gasteiger partial charge in [-0.2, -0.15) is 13.2 Å². The first-order valence-electron chi connectivity index (χ1n) is 7.42. The molecule has 1 atom stereocenters. The molecule has 1 aliphatic carbocycles. The van der Waals surface area contributed by atoms with E-state index in [-0.39, 0.29) is 6.04 Å². The first-order chi connectivity index (χ1) is 10.4. The normalized spacial score (nSPS) is 21.8. The third-order valence-corrected chi connectivity index (χ3v) is 4.80. The summed E-state index contributed by atoms with van der Waals surface area (Å²) < 4.78 is 39.7. The molecule has 3 rings (SSSR count). The fraction of sp³-hybridized carbons (Fsp3) is 0.600. The Bertz CT molecular complexity index is 554. The van der Waals surface area contributed by atoms with Gasteiger partial charge in [-0.15, -0.1) is 0 Å². The van der Waals surface area contributed by atoms with Gasteiger partial charge in [0.2, 0.25) is 0 Å². The first-order valence-corrected chi connectivity index (χ1v) is 8.21. The van der Waals surface area contributed by atoms with Gasteiger partial charge in [0, 0.05) is 42.3 Å². The number of nitrogens with one attached hydrogen (secondary N) is 1. The van der Waals surface area contributed by atoms with Crippen LogP contribution in [0.1, 0.15) is 30.0 Å². The van der Waals surface area contributed by atoms with Gasteiger partial charge in [-0.25, -0.2) is 0 Å². The number of alkyl halides is 3. The van der Waals surface area contributed by atoms with Crippen LogP contribution >= 0.6 is 15.9 Å². The van der Waals surface area contributed by atoms with Crippen LogP contribution in [0.3, 0.4) is 0 Å². The van der Waals surface area contributed by atoms with E-state index in [1.54, 1.807) is 6.07 Å². The molecule has 2 aliphatic rings. The number of phenolic OH excluding ortho intramolecular Hbond substituents is 1. The Hall–Kier alpha value is -0.790. The van der Waals surface area contributed by atoms with Crippen molar-refractivity contribution in [1.82, 2.24) is 10.2 Å². The van der Waals surface area contributed by atoms with Crippen molar-refractivity contribution < 1.29 is 18.3 Å². The molecule has 1 heterocycles. The second-order valence-corrected chi connectivity index (χ2v) is 6.87. The minimum absolute atomic E-state index is 0.138. The highest BCUT2D eigenvalue weighted by Gasteiger charge is 2.41. The third-order valence-electron chi connectivity index (χ3n) is 4.34. The van der Waals surface area contributed by atoms with E-state index in [0.717, 1.165) is 45.1 Å². The first kappa shape index (κ1) is 16.1. The number of hydrogen-bond acceptors (Lipinski definition) is 3. The molecule has 2 N–H and O–H groups in total. The lowest BCUT2D eigenvalue weighted by Crippen LogP contribution is -2.45. The van der Waals surface area contributed by atoms with Gasteiger partial charge in [-0.05, 0) is 30.9 Å². The van der Waals surface area contributed by atoms with E-state index in [0.29, 0.717) is 16.0 Å². The molecular weight excluding hydrogens is 361 g/mol. The Morgan fingerprint density at radius 2 is 1.86 bits per heavy atom. The summed E-state index contributed by atoms with van der Waals surface area (Å²) in [4.78, 5) is 2.19. The van der Waals surface area contributed by atoms with E-state index >= 15 is 0 Å². The molecule has 0 radical (unpaired) electrons. The largest absolute Gasteiger partial charge is 0.507 e. The second-order valence-electron chi connectivity index (χ2n) is 5.96. The van der Waals surface area contributed by atoms with Crippen molar-refractivity contribution in [2.24, 2.45) is 5.92 Å². The number of phenols is 1. The zero-order valence-electron chi connectivity index (χ0n) is 12.0. The molecule has 1 aromatic rings. The average molecular weight is 379 g/mol. The summed E-state index contributed by atoms with van der Waals surface area (Å²) in [6.45, 7) is 3.22. The number of rotatable bonds is 3. The lowest BCUT2D eigenvalue weighted by molar-refractivity contribution is -0.138. The molecule has 1 aromatic carbocycles. The van der Waals surface area contributed by atoms with Gasteiger partial charge in [0.1, 0.15) is 5.75 Å². The van der Waals surface area contributed by atoms with E-state index in [4.69, 9.17) is 0 Å². The Kier molecular flexibility index (Phi) is 4.40. The summed E-state index contributed by atoms with van der Waals surface area (Å²) in [6.07, 6.45) is -2.55. The van der Waals surface area contributed by atoms with E-state index in [2.05, 4.69) is 26.1 Å².